The summed E-state index contributed by atoms with van der Waals surface area (Å²) < 4.78 is 0. The second-order valence-electron chi connectivity index (χ2n) is 9.09. The van der Waals surface area contributed by atoms with Gasteiger partial charge in [0.25, 0.3) is 5.91 Å². The summed E-state index contributed by atoms with van der Waals surface area (Å²) in [5.41, 5.74) is 7.08. The molecule has 3 atom stereocenters. The van der Waals surface area contributed by atoms with Crippen molar-refractivity contribution < 1.29 is 9.59 Å². The van der Waals surface area contributed by atoms with Crippen LogP contribution in [-0.4, -0.2) is 62.5 Å². The summed E-state index contributed by atoms with van der Waals surface area (Å²) >= 11 is 3.09. The van der Waals surface area contributed by atoms with Crippen LogP contribution >= 0.6 is 22.7 Å². The molecule has 0 spiro atoms. The lowest BCUT2D eigenvalue weighted by Gasteiger charge is -2.33. The number of amides is 2. The van der Waals surface area contributed by atoms with Crippen LogP contribution in [0.15, 0.2) is 17.5 Å². The fourth-order valence-electron chi connectivity index (χ4n) is 5.33. The Balaban J connectivity index is 1.50. The number of H-pyrrole nitrogens is 1. The molecule has 0 aromatic carbocycles. The molecule has 4 N–H and O–H groups in total. The summed E-state index contributed by atoms with van der Waals surface area (Å²) in [6.45, 7) is 2.79. The Hall–Kier alpha value is -3.14. The Morgan fingerprint density at radius 2 is 2.31 bits per heavy atom. The highest BCUT2D eigenvalue weighted by atomic mass is 32.1. The van der Waals surface area contributed by atoms with Crippen LogP contribution in [0, 0.1) is 11.3 Å². The average molecular weight is 511 g/mol. The highest BCUT2D eigenvalue weighted by molar-refractivity contribution is 7.14. The van der Waals surface area contributed by atoms with Gasteiger partial charge in [0, 0.05) is 22.3 Å². The predicted octanol–water partition coefficient (Wildman–Crippen LogP) is 1.74. The zero-order valence-electron chi connectivity index (χ0n) is 19.3. The van der Waals surface area contributed by atoms with Gasteiger partial charge in [-0.25, -0.2) is 0 Å². The van der Waals surface area contributed by atoms with Crippen LogP contribution in [-0.2, 0) is 23.1 Å². The Bertz CT molecular complexity index is 1280. The minimum Gasteiger partial charge on any atom is -0.365 e. The van der Waals surface area contributed by atoms with Gasteiger partial charge in [-0.3, -0.25) is 9.59 Å². The smallest absolute Gasteiger partial charge is 0.258 e. The van der Waals surface area contributed by atoms with E-state index in [0.717, 1.165) is 41.7 Å². The maximum Gasteiger partial charge on any atom is 0.258 e. The van der Waals surface area contributed by atoms with Gasteiger partial charge in [0.2, 0.25) is 5.91 Å². The third kappa shape index (κ3) is 4.13. The highest BCUT2D eigenvalue weighted by Crippen LogP contribution is 2.50. The van der Waals surface area contributed by atoms with Crippen LogP contribution < -0.4 is 11.1 Å². The van der Waals surface area contributed by atoms with Crippen molar-refractivity contribution in [1.29, 1.82) is 5.26 Å². The van der Waals surface area contributed by atoms with E-state index in [1.807, 2.05) is 13.0 Å². The number of aryl methyl sites for hydroxylation is 2. The number of hydrogen-bond acceptors (Lipinski definition) is 9. The number of nitrogens with zero attached hydrogens (tertiary/aromatic N) is 5. The minimum absolute atomic E-state index is 0.0700. The molecule has 5 rings (SSSR count). The standard InChI is InChI=1S/C23H26N8O2S2/c1-13(26-12-19(32)31-7-2-3-15(31)11-24)10-23(22-27-29-30-28-22)16-6-8-34-17(16)5-4-14-9-18(21(25)33)35-20(14)23/h6,8-9,13,15,26H,2-5,7,10,12H2,1H3,(H2,25,33)(H,27,28,29,30)/t13-,15?,23?/m1/s1. The molecule has 35 heavy (non-hydrogen) atoms. The maximum absolute atomic E-state index is 12.8. The van der Waals surface area contributed by atoms with E-state index in [9.17, 15) is 14.9 Å². The molecule has 1 saturated heterocycles. The number of rotatable bonds is 7. The third-order valence-corrected chi connectivity index (χ3v) is 9.26. The van der Waals surface area contributed by atoms with Crippen LogP contribution in [0.3, 0.4) is 0 Å². The summed E-state index contributed by atoms with van der Waals surface area (Å²) in [7, 11) is 0. The van der Waals surface area contributed by atoms with Crippen molar-refractivity contribution in [2.24, 2.45) is 5.73 Å². The molecule has 3 aromatic rings. The first-order valence-electron chi connectivity index (χ1n) is 11.6. The van der Waals surface area contributed by atoms with Gasteiger partial charge >= 0.3 is 0 Å². The van der Waals surface area contributed by atoms with Crippen LogP contribution in [0.4, 0.5) is 0 Å². The van der Waals surface area contributed by atoms with E-state index in [-0.39, 0.29) is 24.5 Å². The second-order valence-corrected chi connectivity index (χ2v) is 11.1. The highest BCUT2D eigenvalue weighted by Gasteiger charge is 2.47. The van der Waals surface area contributed by atoms with E-state index < -0.39 is 11.3 Å². The van der Waals surface area contributed by atoms with Gasteiger partial charge in [0.1, 0.15) is 6.04 Å². The van der Waals surface area contributed by atoms with Gasteiger partial charge in [-0.05, 0) is 67.7 Å². The number of nitriles is 1. The number of nitrogens with two attached hydrogens (primary N) is 1. The number of thiophene rings is 2. The zero-order valence-corrected chi connectivity index (χ0v) is 20.9. The summed E-state index contributed by atoms with van der Waals surface area (Å²) in [5.74, 6) is 0.00622. The molecule has 0 bridgehead atoms. The molecule has 1 fully saturated rings. The number of fused-ring (bicyclic) bond motifs is 2. The maximum atomic E-state index is 12.8. The molecule has 3 aromatic heterocycles. The van der Waals surface area contributed by atoms with Gasteiger partial charge in [0.15, 0.2) is 5.82 Å². The van der Waals surface area contributed by atoms with Crippen molar-refractivity contribution in [1.82, 2.24) is 30.8 Å². The number of tetrazole rings is 1. The van der Waals surface area contributed by atoms with Crippen LogP contribution in [0.5, 0.6) is 0 Å². The van der Waals surface area contributed by atoms with Gasteiger partial charge in [-0.15, -0.1) is 32.9 Å². The predicted molar refractivity (Wildman–Crippen MR) is 131 cm³/mol. The number of primary amides is 1. The molecular formula is C23H26N8O2S2. The Morgan fingerprint density at radius 3 is 3.06 bits per heavy atom. The molecule has 182 valence electrons. The van der Waals surface area contributed by atoms with E-state index in [0.29, 0.717) is 23.7 Å². The third-order valence-electron chi connectivity index (χ3n) is 6.93. The number of aromatic nitrogens is 4. The van der Waals surface area contributed by atoms with Gasteiger partial charge in [-0.2, -0.15) is 10.5 Å². The molecular weight excluding hydrogens is 484 g/mol. The fraction of sp³-hybridized carbons (Fsp3) is 0.478. The molecule has 2 amide bonds. The number of likely N-dealkylation sites (tertiary alicyclic amines) is 1. The van der Waals surface area contributed by atoms with Crippen LogP contribution in [0.1, 0.15) is 62.6 Å². The second kappa shape index (κ2) is 9.49. The number of aromatic amines is 1. The van der Waals surface area contributed by atoms with E-state index >= 15 is 0 Å². The Morgan fingerprint density at radius 1 is 1.46 bits per heavy atom. The van der Waals surface area contributed by atoms with Gasteiger partial charge in [0.05, 0.1) is 22.9 Å². The lowest BCUT2D eigenvalue weighted by atomic mass is 9.73. The molecule has 12 heteroatoms. The molecule has 0 radical (unpaired) electrons. The SMILES string of the molecule is C[C@H](CC1(c2nn[nH]n2)c2ccsc2CCc2cc(C(N)=O)sc21)NCC(=O)N1CCCC1C#N. The van der Waals surface area contributed by atoms with Gasteiger partial charge < -0.3 is 16.0 Å². The van der Waals surface area contributed by atoms with Crippen molar-refractivity contribution in [2.75, 3.05) is 13.1 Å². The molecule has 0 saturated carbocycles. The summed E-state index contributed by atoms with van der Waals surface area (Å²) in [6, 6.07) is 5.77. The topological polar surface area (TPSA) is 154 Å². The molecule has 2 aliphatic rings. The first-order chi connectivity index (χ1) is 16.9. The van der Waals surface area contributed by atoms with Crippen molar-refractivity contribution in [3.8, 4) is 6.07 Å². The Labute approximate surface area is 210 Å². The monoisotopic (exact) mass is 510 g/mol. The van der Waals surface area contributed by atoms with E-state index in [2.05, 4.69) is 43.5 Å². The average Bonchev–Trinajstić information content (AvgIpc) is 3.65. The van der Waals surface area contributed by atoms with E-state index in [4.69, 9.17) is 5.73 Å². The molecule has 4 heterocycles. The molecule has 1 aliphatic carbocycles. The van der Waals surface area contributed by atoms with E-state index in [1.165, 1.54) is 16.2 Å². The van der Waals surface area contributed by atoms with Crippen molar-refractivity contribution in [3.05, 3.63) is 49.1 Å². The lowest BCUT2D eigenvalue weighted by molar-refractivity contribution is -0.130. The molecule has 2 unspecified atom stereocenters. The van der Waals surface area contributed by atoms with Crippen molar-refractivity contribution in [3.63, 3.8) is 0 Å². The van der Waals surface area contributed by atoms with E-state index in [1.54, 1.807) is 16.2 Å². The number of nitrogens with one attached hydrogen (secondary N) is 2. The molecule has 10 nitrogen and oxygen atoms in total. The first-order valence-corrected chi connectivity index (χ1v) is 13.3. The molecule has 1 aliphatic heterocycles. The largest absolute Gasteiger partial charge is 0.365 e. The summed E-state index contributed by atoms with van der Waals surface area (Å²) in [4.78, 5) is 29.3. The number of hydrogen-bond donors (Lipinski definition) is 3. The Kier molecular flexibility index (Phi) is 6.39. The fourth-order valence-corrected chi connectivity index (χ4v) is 7.56. The summed E-state index contributed by atoms with van der Waals surface area (Å²) in [6.07, 6.45) is 3.76. The van der Waals surface area contributed by atoms with Crippen molar-refractivity contribution >= 4 is 34.5 Å². The van der Waals surface area contributed by atoms with Crippen molar-refractivity contribution in [2.45, 2.75) is 56.5 Å². The first kappa shape index (κ1) is 23.6. The number of carbonyl (C=O) groups excluding carboxylic acids is 2. The van der Waals surface area contributed by atoms with Crippen LogP contribution in [0.2, 0.25) is 0 Å². The lowest BCUT2D eigenvalue weighted by Crippen LogP contribution is -2.45. The van der Waals surface area contributed by atoms with Gasteiger partial charge in [-0.1, -0.05) is 5.21 Å². The quantitative estimate of drug-likeness (QED) is 0.437. The summed E-state index contributed by atoms with van der Waals surface area (Å²) in [5, 5.41) is 30.1. The van der Waals surface area contributed by atoms with Crippen LogP contribution in [0.25, 0.3) is 0 Å². The zero-order chi connectivity index (χ0) is 24.6. The number of carbonyl (C=O) groups is 2. The minimum atomic E-state index is -0.745. The normalized spacial score (nSPS) is 22.2.